The minimum Gasteiger partial charge on any atom is -0.462 e. The Kier molecular flexibility index (Phi) is 28.2. The molecule has 0 aromatic heterocycles. The fourth-order valence-corrected chi connectivity index (χ4v) is 6.57. The van der Waals surface area contributed by atoms with Crippen LogP contribution in [0.4, 0.5) is 0 Å². The van der Waals surface area contributed by atoms with E-state index in [2.05, 4.69) is 38.2 Å². The Labute approximate surface area is 313 Å². The third-order valence-corrected chi connectivity index (χ3v) is 9.78. The van der Waals surface area contributed by atoms with Crippen LogP contribution in [0.15, 0.2) is 24.3 Å². The molecule has 1 heterocycles. The highest BCUT2D eigenvalue weighted by atomic mass is 32.2. The SMILES string of the molecule is CCCCCCCC/C=C/C/C=C/CCCCC(=O)OC[C@H](CO[C@H]1O[C@H](CS(=O)(=O)O)[C@@H](O)C(O)C1O)OC(=O)CCCCCCCCCCC. The number of carbonyl (C=O) groups is 2. The smallest absolute Gasteiger partial charge is 0.306 e. The molecule has 0 bridgehead atoms. The molecule has 52 heavy (non-hydrogen) atoms. The highest BCUT2D eigenvalue weighted by Crippen LogP contribution is 2.24. The normalized spacial score (nSPS) is 21.5. The third-order valence-electron chi connectivity index (χ3n) is 9.03. The number of aliphatic hydroxyl groups excluding tert-OH is 3. The Hall–Kier alpha value is -1.87. The van der Waals surface area contributed by atoms with E-state index in [-0.39, 0.29) is 19.4 Å². The molecule has 1 saturated heterocycles. The van der Waals surface area contributed by atoms with Crippen LogP contribution < -0.4 is 0 Å². The van der Waals surface area contributed by atoms with Gasteiger partial charge in [0.2, 0.25) is 0 Å². The molecule has 0 aliphatic carbocycles. The molecule has 0 spiro atoms. The van der Waals surface area contributed by atoms with E-state index in [1.807, 2.05) is 0 Å². The first-order valence-corrected chi connectivity index (χ1v) is 21.5. The van der Waals surface area contributed by atoms with Gasteiger partial charge in [-0.15, -0.1) is 0 Å². The molecule has 0 amide bonds. The number of hydrogen-bond acceptors (Lipinski definition) is 11. The van der Waals surface area contributed by atoms with Gasteiger partial charge in [0.05, 0.1) is 6.61 Å². The first-order valence-electron chi connectivity index (χ1n) is 19.9. The van der Waals surface area contributed by atoms with Gasteiger partial charge >= 0.3 is 11.9 Å². The van der Waals surface area contributed by atoms with Crippen LogP contribution in [-0.4, -0.2) is 96.0 Å². The molecule has 0 aromatic carbocycles. The molecular weight excluding hydrogens is 692 g/mol. The van der Waals surface area contributed by atoms with Crippen LogP contribution in [0.3, 0.4) is 0 Å². The van der Waals surface area contributed by atoms with Crippen molar-refractivity contribution >= 4 is 22.1 Å². The Morgan fingerprint density at radius 2 is 1.15 bits per heavy atom. The highest BCUT2D eigenvalue weighted by Gasteiger charge is 2.46. The minimum atomic E-state index is -4.60. The third kappa shape index (κ3) is 25.2. The number of ether oxygens (including phenoxy) is 4. The van der Waals surface area contributed by atoms with E-state index in [1.165, 1.54) is 70.6 Å². The van der Waals surface area contributed by atoms with E-state index in [9.17, 15) is 37.9 Å². The lowest BCUT2D eigenvalue weighted by Crippen LogP contribution is -2.60. The molecule has 1 fully saturated rings. The number of unbranched alkanes of at least 4 members (excludes halogenated alkanes) is 16. The van der Waals surface area contributed by atoms with E-state index < -0.39 is 71.2 Å². The molecule has 1 aliphatic heterocycles. The van der Waals surface area contributed by atoms with E-state index in [0.717, 1.165) is 44.9 Å². The van der Waals surface area contributed by atoms with Crippen molar-refractivity contribution in [2.45, 2.75) is 192 Å². The maximum Gasteiger partial charge on any atom is 0.306 e. The lowest BCUT2D eigenvalue weighted by Gasteiger charge is -2.40. The van der Waals surface area contributed by atoms with Gasteiger partial charge in [0.1, 0.15) is 36.8 Å². The molecular formula is C39H70O12S. The molecule has 12 nitrogen and oxygen atoms in total. The van der Waals surface area contributed by atoms with Crippen LogP contribution in [0.5, 0.6) is 0 Å². The Balaban J connectivity index is 2.52. The maximum atomic E-state index is 12.7. The van der Waals surface area contributed by atoms with Gasteiger partial charge < -0.3 is 34.3 Å². The van der Waals surface area contributed by atoms with Crippen LogP contribution in [-0.2, 0) is 38.7 Å². The van der Waals surface area contributed by atoms with Gasteiger partial charge in [-0.1, -0.05) is 122 Å². The predicted molar refractivity (Wildman–Crippen MR) is 201 cm³/mol. The molecule has 2 unspecified atom stereocenters. The van der Waals surface area contributed by atoms with Gasteiger partial charge in [0, 0.05) is 12.8 Å². The number of rotatable bonds is 32. The van der Waals surface area contributed by atoms with E-state index in [1.54, 1.807) is 0 Å². The summed E-state index contributed by atoms with van der Waals surface area (Å²) < 4.78 is 53.7. The predicted octanol–water partition coefficient (Wildman–Crippen LogP) is 6.89. The fraction of sp³-hybridized carbons (Fsp3) is 0.846. The van der Waals surface area contributed by atoms with Gasteiger partial charge in [-0.25, -0.2) is 0 Å². The van der Waals surface area contributed by atoms with E-state index in [0.29, 0.717) is 12.8 Å². The fourth-order valence-electron chi connectivity index (χ4n) is 5.88. The summed E-state index contributed by atoms with van der Waals surface area (Å²) in [7, 11) is -4.60. The van der Waals surface area contributed by atoms with Crippen LogP contribution in [0.1, 0.15) is 155 Å². The minimum absolute atomic E-state index is 0.159. The zero-order valence-corrected chi connectivity index (χ0v) is 32.7. The second-order valence-electron chi connectivity index (χ2n) is 14.0. The molecule has 1 rings (SSSR count). The van der Waals surface area contributed by atoms with Crippen molar-refractivity contribution in [1.29, 1.82) is 0 Å². The van der Waals surface area contributed by atoms with Crippen LogP contribution in [0.25, 0.3) is 0 Å². The summed E-state index contributed by atoms with van der Waals surface area (Å²) in [5.41, 5.74) is 0. The van der Waals surface area contributed by atoms with Crippen LogP contribution in [0.2, 0.25) is 0 Å². The molecule has 6 atom stereocenters. The average molecular weight is 763 g/mol. The molecule has 0 aromatic rings. The Bertz CT molecular complexity index is 1080. The zero-order valence-electron chi connectivity index (χ0n) is 31.9. The zero-order chi connectivity index (χ0) is 38.5. The van der Waals surface area contributed by atoms with E-state index in [4.69, 9.17) is 18.9 Å². The molecule has 1 aliphatic rings. The van der Waals surface area contributed by atoms with Crippen molar-refractivity contribution < 1.29 is 56.8 Å². The van der Waals surface area contributed by atoms with Gasteiger partial charge in [-0.2, -0.15) is 8.42 Å². The summed E-state index contributed by atoms with van der Waals surface area (Å²) in [5.74, 6) is -2.03. The standard InChI is InChI=1S/C39H70O12S/c1-3-5-7-9-11-13-14-15-16-17-18-20-21-23-25-27-34(40)48-29-32(50-35(41)28-26-24-22-19-12-10-8-6-4-2)30-49-39-38(44)37(43)36(42)33(51-39)31-52(45,46)47/h15-16,18,20,32-33,36-39,42-44H,3-14,17,19,21-31H2,1-2H3,(H,45,46,47)/b16-15+,20-18+/t32-,33-,36-,37?,38?,39+/m1/s1. The largest absolute Gasteiger partial charge is 0.462 e. The monoisotopic (exact) mass is 762 g/mol. The van der Waals surface area contributed by atoms with Gasteiger partial charge in [-0.3, -0.25) is 14.1 Å². The number of esters is 2. The molecule has 0 saturated carbocycles. The number of aliphatic hydroxyl groups is 3. The second kappa shape index (κ2) is 30.5. The number of carbonyl (C=O) groups excluding carboxylic acids is 2. The first-order chi connectivity index (χ1) is 25.0. The van der Waals surface area contributed by atoms with Crippen molar-refractivity contribution in [3.63, 3.8) is 0 Å². The lowest BCUT2D eigenvalue weighted by atomic mass is 10.00. The maximum absolute atomic E-state index is 12.7. The number of hydrogen-bond donors (Lipinski definition) is 4. The van der Waals surface area contributed by atoms with Crippen molar-refractivity contribution in [1.82, 2.24) is 0 Å². The molecule has 0 radical (unpaired) electrons. The van der Waals surface area contributed by atoms with Crippen LogP contribution in [0, 0.1) is 0 Å². The quantitative estimate of drug-likeness (QED) is 0.0241. The van der Waals surface area contributed by atoms with Gasteiger partial charge in [0.25, 0.3) is 10.1 Å². The summed E-state index contributed by atoms with van der Waals surface area (Å²) in [6.45, 7) is 3.67. The lowest BCUT2D eigenvalue weighted by molar-refractivity contribution is -0.297. The van der Waals surface area contributed by atoms with Crippen molar-refractivity contribution in [3.05, 3.63) is 24.3 Å². The molecule has 13 heteroatoms. The summed E-state index contributed by atoms with van der Waals surface area (Å²) >= 11 is 0. The first kappa shape index (κ1) is 48.1. The van der Waals surface area contributed by atoms with Gasteiger partial charge in [-0.05, 0) is 44.9 Å². The van der Waals surface area contributed by atoms with Crippen molar-refractivity contribution in [2.75, 3.05) is 19.0 Å². The average Bonchev–Trinajstić information content (AvgIpc) is 3.10. The van der Waals surface area contributed by atoms with Crippen molar-refractivity contribution in [3.8, 4) is 0 Å². The topological polar surface area (TPSA) is 186 Å². The Morgan fingerprint density at radius 1 is 0.654 bits per heavy atom. The van der Waals surface area contributed by atoms with Gasteiger partial charge in [0.15, 0.2) is 12.4 Å². The van der Waals surface area contributed by atoms with Crippen molar-refractivity contribution in [2.24, 2.45) is 0 Å². The second-order valence-corrected chi connectivity index (χ2v) is 15.4. The van der Waals surface area contributed by atoms with Crippen LogP contribution >= 0.6 is 0 Å². The molecule has 4 N–H and O–H groups in total. The Morgan fingerprint density at radius 3 is 1.73 bits per heavy atom. The van der Waals surface area contributed by atoms with E-state index >= 15 is 0 Å². The summed E-state index contributed by atoms with van der Waals surface area (Å²) in [6.07, 6.45) is 21.1. The summed E-state index contributed by atoms with van der Waals surface area (Å²) in [5, 5.41) is 30.7. The highest BCUT2D eigenvalue weighted by molar-refractivity contribution is 7.85. The summed E-state index contributed by atoms with van der Waals surface area (Å²) in [6, 6.07) is 0. The summed E-state index contributed by atoms with van der Waals surface area (Å²) in [4.78, 5) is 25.2. The molecule has 304 valence electrons. The number of allylic oxidation sites excluding steroid dienone is 4.